The summed E-state index contributed by atoms with van der Waals surface area (Å²) in [6.07, 6.45) is 5.63. The lowest BCUT2D eigenvalue weighted by atomic mass is 9.97. The Balaban J connectivity index is 1.94. The molecule has 7 nitrogen and oxygen atoms in total. The summed E-state index contributed by atoms with van der Waals surface area (Å²) in [6.45, 7) is 5.38. The number of carbonyl (C=O) groups is 3. The van der Waals surface area contributed by atoms with Crippen molar-refractivity contribution in [2.75, 3.05) is 19.7 Å². The van der Waals surface area contributed by atoms with Crippen LogP contribution in [-0.2, 0) is 19.1 Å². The Morgan fingerprint density at radius 3 is 2.80 bits per heavy atom. The molecule has 2 heterocycles. The molecular weight excluding hydrogens is 322 g/mol. The normalized spacial score (nSPS) is 26.9. The summed E-state index contributed by atoms with van der Waals surface area (Å²) < 4.78 is 5.21. The summed E-state index contributed by atoms with van der Waals surface area (Å²) in [5.74, 6) is -0.764. The van der Waals surface area contributed by atoms with Crippen LogP contribution in [-0.4, -0.2) is 60.5 Å². The van der Waals surface area contributed by atoms with Gasteiger partial charge in [0.25, 0.3) is 0 Å². The SMILES string of the molecule is CCCCCOC(=O)CC1C(=O)NCCN1C(=O)C1CCCC(C)N1. The van der Waals surface area contributed by atoms with Gasteiger partial charge < -0.3 is 20.3 Å². The number of amides is 2. The van der Waals surface area contributed by atoms with Crippen molar-refractivity contribution in [3.63, 3.8) is 0 Å². The highest BCUT2D eigenvalue weighted by Crippen LogP contribution is 2.18. The molecule has 142 valence electrons. The molecule has 25 heavy (non-hydrogen) atoms. The quantitative estimate of drug-likeness (QED) is 0.526. The van der Waals surface area contributed by atoms with Gasteiger partial charge in [0.05, 0.1) is 19.1 Å². The van der Waals surface area contributed by atoms with E-state index in [2.05, 4.69) is 24.5 Å². The van der Waals surface area contributed by atoms with Crippen LogP contribution in [0.15, 0.2) is 0 Å². The fourth-order valence-electron chi connectivity index (χ4n) is 3.47. The van der Waals surface area contributed by atoms with E-state index in [4.69, 9.17) is 4.74 Å². The lowest BCUT2D eigenvalue weighted by Gasteiger charge is -2.38. The van der Waals surface area contributed by atoms with Crippen LogP contribution in [0.3, 0.4) is 0 Å². The molecule has 0 aromatic rings. The van der Waals surface area contributed by atoms with Gasteiger partial charge in [-0.05, 0) is 32.6 Å². The fourth-order valence-corrected chi connectivity index (χ4v) is 3.47. The van der Waals surface area contributed by atoms with Gasteiger partial charge in [-0.1, -0.05) is 19.8 Å². The number of carbonyl (C=O) groups excluding carboxylic acids is 3. The third-order valence-electron chi connectivity index (χ3n) is 4.90. The van der Waals surface area contributed by atoms with Gasteiger partial charge in [-0.15, -0.1) is 0 Å². The highest BCUT2D eigenvalue weighted by molar-refractivity contribution is 5.93. The number of ether oxygens (including phenoxy) is 1. The van der Waals surface area contributed by atoms with Gasteiger partial charge in [0.1, 0.15) is 6.04 Å². The van der Waals surface area contributed by atoms with Gasteiger partial charge in [-0.3, -0.25) is 14.4 Å². The predicted octanol–water partition coefficient (Wildman–Crippen LogP) is 0.968. The number of hydrogen-bond donors (Lipinski definition) is 2. The first-order chi connectivity index (χ1) is 12.0. The molecule has 3 atom stereocenters. The molecule has 2 fully saturated rings. The molecule has 0 aliphatic carbocycles. The second kappa shape index (κ2) is 9.75. The number of piperazine rings is 1. The minimum atomic E-state index is -0.765. The van der Waals surface area contributed by atoms with Crippen molar-refractivity contribution >= 4 is 17.8 Å². The van der Waals surface area contributed by atoms with Crippen LogP contribution in [0.4, 0.5) is 0 Å². The molecule has 0 aromatic heterocycles. The molecule has 2 aliphatic rings. The van der Waals surface area contributed by atoms with Gasteiger partial charge in [0.2, 0.25) is 11.8 Å². The van der Waals surface area contributed by atoms with Gasteiger partial charge >= 0.3 is 5.97 Å². The van der Waals surface area contributed by atoms with Crippen LogP contribution in [0, 0.1) is 0 Å². The van der Waals surface area contributed by atoms with E-state index in [9.17, 15) is 14.4 Å². The van der Waals surface area contributed by atoms with Crippen LogP contribution in [0.1, 0.15) is 58.8 Å². The molecular formula is C18H31N3O4. The number of rotatable bonds is 7. The van der Waals surface area contributed by atoms with E-state index in [1.165, 1.54) is 0 Å². The summed E-state index contributed by atoms with van der Waals surface area (Å²) >= 11 is 0. The Hall–Kier alpha value is -1.63. The average molecular weight is 353 g/mol. The van der Waals surface area contributed by atoms with E-state index in [-0.39, 0.29) is 24.3 Å². The molecule has 0 bridgehead atoms. The lowest BCUT2D eigenvalue weighted by Crippen LogP contribution is -2.62. The van der Waals surface area contributed by atoms with E-state index in [0.717, 1.165) is 38.5 Å². The first kappa shape index (κ1) is 19.7. The summed E-state index contributed by atoms with van der Waals surface area (Å²) in [5.41, 5.74) is 0. The first-order valence-corrected chi connectivity index (χ1v) is 9.52. The zero-order chi connectivity index (χ0) is 18.2. The van der Waals surface area contributed by atoms with Crippen molar-refractivity contribution in [3.8, 4) is 0 Å². The highest BCUT2D eigenvalue weighted by Gasteiger charge is 2.38. The van der Waals surface area contributed by atoms with Crippen molar-refractivity contribution in [3.05, 3.63) is 0 Å². The molecule has 2 amide bonds. The summed E-state index contributed by atoms with van der Waals surface area (Å²) in [4.78, 5) is 38.7. The fraction of sp³-hybridized carbons (Fsp3) is 0.833. The second-order valence-electron chi connectivity index (χ2n) is 7.02. The number of unbranched alkanes of at least 4 members (excludes halogenated alkanes) is 2. The Morgan fingerprint density at radius 1 is 1.28 bits per heavy atom. The lowest BCUT2D eigenvalue weighted by molar-refractivity contribution is -0.152. The van der Waals surface area contributed by atoms with Crippen LogP contribution < -0.4 is 10.6 Å². The van der Waals surface area contributed by atoms with E-state index in [0.29, 0.717) is 25.7 Å². The number of hydrogen-bond acceptors (Lipinski definition) is 5. The third-order valence-corrected chi connectivity index (χ3v) is 4.90. The van der Waals surface area contributed by atoms with E-state index in [1.54, 1.807) is 4.90 Å². The average Bonchev–Trinajstić information content (AvgIpc) is 2.60. The summed E-state index contributed by atoms with van der Waals surface area (Å²) in [7, 11) is 0. The minimum Gasteiger partial charge on any atom is -0.466 e. The van der Waals surface area contributed by atoms with Gasteiger partial charge in [-0.25, -0.2) is 0 Å². The molecule has 0 spiro atoms. The van der Waals surface area contributed by atoms with Crippen molar-refractivity contribution in [2.45, 2.75) is 76.9 Å². The zero-order valence-corrected chi connectivity index (χ0v) is 15.4. The second-order valence-corrected chi connectivity index (χ2v) is 7.02. The summed E-state index contributed by atoms with van der Waals surface area (Å²) in [6, 6.07) is -0.736. The van der Waals surface area contributed by atoms with Gasteiger partial charge in [-0.2, -0.15) is 0 Å². The number of nitrogens with zero attached hydrogens (tertiary/aromatic N) is 1. The van der Waals surface area contributed by atoms with Crippen molar-refractivity contribution < 1.29 is 19.1 Å². The molecule has 7 heteroatoms. The molecule has 2 rings (SSSR count). The molecule has 0 aromatic carbocycles. The molecule has 2 N–H and O–H groups in total. The maximum Gasteiger partial charge on any atom is 0.308 e. The molecule has 3 unspecified atom stereocenters. The molecule has 2 aliphatic heterocycles. The Kier molecular flexibility index (Phi) is 7.68. The molecule has 0 saturated carbocycles. The van der Waals surface area contributed by atoms with E-state index >= 15 is 0 Å². The van der Waals surface area contributed by atoms with Crippen LogP contribution >= 0.6 is 0 Å². The van der Waals surface area contributed by atoms with Crippen LogP contribution in [0.2, 0.25) is 0 Å². The van der Waals surface area contributed by atoms with Gasteiger partial charge in [0.15, 0.2) is 0 Å². The largest absolute Gasteiger partial charge is 0.466 e. The van der Waals surface area contributed by atoms with Crippen molar-refractivity contribution in [1.29, 1.82) is 0 Å². The Labute approximate surface area is 149 Å². The number of piperidine rings is 1. The first-order valence-electron chi connectivity index (χ1n) is 9.52. The monoisotopic (exact) mass is 353 g/mol. The predicted molar refractivity (Wildman–Crippen MR) is 93.8 cm³/mol. The van der Waals surface area contributed by atoms with Crippen LogP contribution in [0.25, 0.3) is 0 Å². The van der Waals surface area contributed by atoms with Gasteiger partial charge in [0, 0.05) is 19.1 Å². The minimum absolute atomic E-state index is 0.0774. The van der Waals surface area contributed by atoms with Crippen molar-refractivity contribution in [1.82, 2.24) is 15.5 Å². The highest BCUT2D eigenvalue weighted by atomic mass is 16.5. The molecule has 0 radical (unpaired) electrons. The number of nitrogens with one attached hydrogen (secondary N) is 2. The Bertz CT molecular complexity index is 483. The maximum absolute atomic E-state index is 12.9. The van der Waals surface area contributed by atoms with Crippen LogP contribution in [0.5, 0.6) is 0 Å². The van der Waals surface area contributed by atoms with Crippen molar-refractivity contribution in [2.24, 2.45) is 0 Å². The van der Waals surface area contributed by atoms with E-state index < -0.39 is 12.0 Å². The Morgan fingerprint density at radius 2 is 2.08 bits per heavy atom. The standard InChI is InChI=1S/C18H31N3O4/c1-3-4-5-11-25-16(22)12-15-17(23)19-9-10-21(15)18(24)14-8-6-7-13(2)20-14/h13-15,20H,3-12H2,1-2H3,(H,19,23). The topological polar surface area (TPSA) is 87.7 Å². The smallest absolute Gasteiger partial charge is 0.308 e. The molecule has 2 saturated heterocycles. The number of esters is 1. The van der Waals surface area contributed by atoms with E-state index in [1.807, 2.05) is 0 Å². The zero-order valence-electron chi connectivity index (χ0n) is 15.4. The third kappa shape index (κ3) is 5.70. The summed E-state index contributed by atoms with van der Waals surface area (Å²) in [5, 5.41) is 6.06. The maximum atomic E-state index is 12.9.